The first-order valence-electron chi connectivity index (χ1n) is 6.49. The van der Waals surface area contributed by atoms with Gasteiger partial charge in [-0.1, -0.05) is 0 Å². The van der Waals surface area contributed by atoms with Crippen molar-refractivity contribution < 1.29 is 9.53 Å². The van der Waals surface area contributed by atoms with Gasteiger partial charge < -0.3 is 15.8 Å². The molecule has 1 aromatic carbocycles. The highest BCUT2D eigenvalue weighted by Gasteiger charge is 2.12. The Hall–Kier alpha value is -1.55. The van der Waals surface area contributed by atoms with Crippen molar-refractivity contribution in [3.8, 4) is 5.75 Å². The van der Waals surface area contributed by atoms with Gasteiger partial charge in [0.25, 0.3) is 0 Å². The summed E-state index contributed by atoms with van der Waals surface area (Å²) in [6.07, 6.45) is 3.58. The number of rotatable bonds is 5. The maximum absolute atomic E-state index is 10.9. The lowest BCUT2D eigenvalue weighted by molar-refractivity contribution is 0.100. The molecule has 1 saturated heterocycles. The fraction of sp³-hybridized carbons (Fsp3) is 0.500. The molecule has 1 heterocycles. The second kappa shape index (κ2) is 6.40. The quantitative estimate of drug-likeness (QED) is 0.831. The summed E-state index contributed by atoms with van der Waals surface area (Å²) in [4.78, 5) is 10.9. The average Bonchev–Trinajstić information content (AvgIpc) is 2.40. The molecule has 0 radical (unpaired) electrons. The molecule has 0 aliphatic carbocycles. The van der Waals surface area contributed by atoms with Crippen molar-refractivity contribution in [1.82, 2.24) is 5.32 Å². The van der Waals surface area contributed by atoms with Crippen LogP contribution in [0.15, 0.2) is 24.3 Å². The number of carbonyl (C=O) groups excluding carboxylic acids is 1. The van der Waals surface area contributed by atoms with Crippen LogP contribution in [0.1, 0.15) is 29.6 Å². The Labute approximate surface area is 108 Å². The summed E-state index contributed by atoms with van der Waals surface area (Å²) in [6.45, 7) is 2.98. The molecule has 3 N–H and O–H groups in total. The number of amides is 1. The highest BCUT2D eigenvalue weighted by atomic mass is 16.5. The van der Waals surface area contributed by atoms with Crippen molar-refractivity contribution >= 4 is 5.91 Å². The minimum absolute atomic E-state index is 0.406. The van der Waals surface area contributed by atoms with Gasteiger partial charge in [-0.2, -0.15) is 0 Å². The first-order valence-corrected chi connectivity index (χ1v) is 6.49. The third-order valence-electron chi connectivity index (χ3n) is 3.39. The van der Waals surface area contributed by atoms with Crippen LogP contribution in [-0.2, 0) is 0 Å². The lowest BCUT2D eigenvalue weighted by atomic mass is 9.95. The molecule has 1 fully saturated rings. The van der Waals surface area contributed by atoms with Crippen LogP contribution >= 0.6 is 0 Å². The topological polar surface area (TPSA) is 64.4 Å². The molecule has 0 aromatic heterocycles. The lowest BCUT2D eigenvalue weighted by Gasteiger charge is -2.22. The SMILES string of the molecule is NC(=O)c1ccc(OCCC2CCNCC2)cc1. The van der Waals surface area contributed by atoms with Gasteiger partial charge >= 0.3 is 0 Å². The third kappa shape index (κ3) is 3.74. The number of primary amides is 1. The van der Waals surface area contributed by atoms with E-state index in [0.29, 0.717) is 5.56 Å². The van der Waals surface area contributed by atoms with Gasteiger partial charge in [-0.05, 0) is 62.5 Å². The highest BCUT2D eigenvalue weighted by Crippen LogP contribution is 2.17. The number of hydrogen-bond donors (Lipinski definition) is 2. The highest BCUT2D eigenvalue weighted by molar-refractivity contribution is 5.92. The first-order chi connectivity index (χ1) is 8.75. The van der Waals surface area contributed by atoms with Gasteiger partial charge in [-0.25, -0.2) is 0 Å². The molecule has 0 atom stereocenters. The molecule has 4 heteroatoms. The summed E-state index contributed by atoms with van der Waals surface area (Å²) in [6, 6.07) is 6.98. The summed E-state index contributed by atoms with van der Waals surface area (Å²) in [5.41, 5.74) is 5.69. The minimum atomic E-state index is -0.406. The fourth-order valence-electron chi connectivity index (χ4n) is 2.23. The van der Waals surface area contributed by atoms with E-state index in [4.69, 9.17) is 10.5 Å². The summed E-state index contributed by atoms with van der Waals surface area (Å²) in [5.74, 6) is 1.17. The normalized spacial score (nSPS) is 16.4. The van der Waals surface area contributed by atoms with Crippen molar-refractivity contribution in [3.05, 3.63) is 29.8 Å². The maximum atomic E-state index is 10.9. The van der Waals surface area contributed by atoms with Crippen LogP contribution in [0.2, 0.25) is 0 Å². The molecule has 0 saturated carbocycles. The van der Waals surface area contributed by atoms with Crippen molar-refractivity contribution in [2.75, 3.05) is 19.7 Å². The van der Waals surface area contributed by atoms with Gasteiger partial charge in [0.2, 0.25) is 5.91 Å². The number of ether oxygens (including phenoxy) is 1. The van der Waals surface area contributed by atoms with Crippen molar-refractivity contribution in [3.63, 3.8) is 0 Å². The molecule has 1 aliphatic heterocycles. The smallest absolute Gasteiger partial charge is 0.248 e. The van der Waals surface area contributed by atoms with E-state index in [0.717, 1.165) is 37.8 Å². The Bertz CT molecular complexity index is 383. The van der Waals surface area contributed by atoms with Crippen LogP contribution in [0.3, 0.4) is 0 Å². The average molecular weight is 248 g/mol. The zero-order valence-corrected chi connectivity index (χ0v) is 10.5. The second-order valence-corrected chi connectivity index (χ2v) is 4.72. The van der Waals surface area contributed by atoms with Gasteiger partial charge in [-0.15, -0.1) is 0 Å². The van der Waals surface area contributed by atoms with E-state index in [-0.39, 0.29) is 0 Å². The molecular formula is C14H20N2O2. The van der Waals surface area contributed by atoms with Gasteiger partial charge in [0, 0.05) is 5.56 Å². The van der Waals surface area contributed by atoms with Crippen molar-refractivity contribution in [2.45, 2.75) is 19.3 Å². The predicted molar refractivity (Wildman–Crippen MR) is 70.7 cm³/mol. The van der Waals surface area contributed by atoms with E-state index in [1.165, 1.54) is 12.8 Å². The number of nitrogens with two attached hydrogens (primary N) is 1. The molecular weight excluding hydrogens is 228 g/mol. The van der Waals surface area contributed by atoms with E-state index < -0.39 is 5.91 Å². The number of benzene rings is 1. The van der Waals surface area contributed by atoms with Crippen molar-refractivity contribution in [1.29, 1.82) is 0 Å². The van der Waals surface area contributed by atoms with Crippen LogP contribution in [-0.4, -0.2) is 25.6 Å². The van der Waals surface area contributed by atoms with Gasteiger partial charge in [-0.3, -0.25) is 4.79 Å². The molecule has 98 valence electrons. The number of nitrogens with one attached hydrogen (secondary N) is 1. The summed E-state index contributed by atoms with van der Waals surface area (Å²) < 4.78 is 5.67. The molecule has 1 amide bonds. The maximum Gasteiger partial charge on any atom is 0.248 e. The third-order valence-corrected chi connectivity index (χ3v) is 3.39. The van der Waals surface area contributed by atoms with Crippen molar-refractivity contribution in [2.24, 2.45) is 11.7 Å². The van der Waals surface area contributed by atoms with E-state index >= 15 is 0 Å². The number of carbonyl (C=O) groups is 1. The molecule has 4 nitrogen and oxygen atoms in total. The standard InChI is InChI=1S/C14H20N2O2/c15-14(17)12-1-3-13(4-2-12)18-10-7-11-5-8-16-9-6-11/h1-4,11,16H,5-10H2,(H2,15,17). The Balaban J connectivity index is 1.74. The molecule has 0 bridgehead atoms. The van der Waals surface area contributed by atoms with Crippen LogP contribution in [0.4, 0.5) is 0 Å². The van der Waals surface area contributed by atoms with Crippen LogP contribution in [0.5, 0.6) is 5.75 Å². The summed E-state index contributed by atoms with van der Waals surface area (Å²) >= 11 is 0. The second-order valence-electron chi connectivity index (χ2n) is 4.72. The Morgan fingerprint density at radius 2 is 1.94 bits per heavy atom. The van der Waals surface area contributed by atoms with Gasteiger partial charge in [0.15, 0.2) is 0 Å². The molecule has 18 heavy (non-hydrogen) atoms. The van der Waals surface area contributed by atoms with E-state index in [9.17, 15) is 4.79 Å². The first kappa shape index (κ1) is 12.9. The molecule has 0 spiro atoms. The minimum Gasteiger partial charge on any atom is -0.494 e. The monoisotopic (exact) mass is 248 g/mol. The molecule has 0 unspecified atom stereocenters. The zero-order chi connectivity index (χ0) is 12.8. The number of piperidine rings is 1. The predicted octanol–water partition coefficient (Wildman–Crippen LogP) is 1.55. The van der Waals surface area contributed by atoms with E-state index in [1.807, 2.05) is 0 Å². The lowest BCUT2D eigenvalue weighted by Crippen LogP contribution is -2.28. The summed E-state index contributed by atoms with van der Waals surface area (Å²) in [7, 11) is 0. The van der Waals surface area contributed by atoms with E-state index in [1.54, 1.807) is 24.3 Å². The Kier molecular flexibility index (Phi) is 4.59. The number of hydrogen-bond acceptors (Lipinski definition) is 3. The largest absolute Gasteiger partial charge is 0.494 e. The summed E-state index contributed by atoms with van der Waals surface area (Å²) in [5, 5.41) is 3.36. The molecule has 2 rings (SSSR count). The van der Waals surface area contributed by atoms with Crippen LogP contribution in [0, 0.1) is 5.92 Å². The van der Waals surface area contributed by atoms with Gasteiger partial charge in [0.05, 0.1) is 6.61 Å². The molecule has 1 aromatic rings. The Morgan fingerprint density at radius 3 is 2.56 bits per heavy atom. The zero-order valence-electron chi connectivity index (χ0n) is 10.5. The Morgan fingerprint density at radius 1 is 1.28 bits per heavy atom. The van der Waals surface area contributed by atoms with E-state index in [2.05, 4.69) is 5.32 Å². The van der Waals surface area contributed by atoms with Gasteiger partial charge in [0.1, 0.15) is 5.75 Å². The van der Waals surface area contributed by atoms with Crippen LogP contribution in [0.25, 0.3) is 0 Å². The fourth-order valence-corrected chi connectivity index (χ4v) is 2.23. The van der Waals surface area contributed by atoms with Crippen LogP contribution < -0.4 is 15.8 Å². The molecule has 1 aliphatic rings.